The molecule has 0 spiro atoms. The van der Waals surface area contributed by atoms with E-state index in [1.807, 2.05) is 18.3 Å². The first-order valence-corrected chi connectivity index (χ1v) is 8.33. The molecule has 0 radical (unpaired) electrons. The Bertz CT molecular complexity index is 491. The molecule has 3 heteroatoms. The van der Waals surface area contributed by atoms with Gasteiger partial charge in [0.05, 0.1) is 18.1 Å². The predicted octanol–water partition coefficient (Wildman–Crippen LogP) is 4.38. The van der Waals surface area contributed by atoms with Crippen LogP contribution in [0.25, 0.3) is 0 Å². The van der Waals surface area contributed by atoms with E-state index in [2.05, 4.69) is 11.1 Å². The minimum Gasteiger partial charge on any atom is -0.477 e. The van der Waals surface area contributed by atoms with E-state index in [1.165, 1.54) is 32.1 Å². The molecular formula is C18H24N2O. The van der Waals surface area contributed by atoms with Gasteiger partial charge in [-0.25, -0.2) is 4.98 Å². The van der Waals surface area contributed by atoms with Crippen LogP contribution in [0.3, 0.4) is 0 Å². The highest BCUT2D eigenvalue weighted by molar-refractivity contribution is 5.33. The molecule has 0 aromatic carbocycles. The summed E-state index contributed by atoms with van der Waals surface area (Å²) < 4.78 is 5.84. The maximum atomic E-state index is 9.50. The molecule has 0 unspecified atom stereocenters. The predicted molar refractivity (Wildman–Crippen MR) is 82.1 cm³/mol. The van der Waals surface area contributed by atoms with Gasteiger partial charge >= 0.3 is 0 Å². The third kappa shape index (κ3) is 3.20. The zero-order valence-electron chi connectivity index (χ0n) is 12.7. The van der Waals surface area contributed by atoms with Crippen LogP contribution in [0.5, 0.6) is 5.88 Å². The van der Waals surface area contributed by atoms with Crippen LogP contribution in [0.4, 0.5) is 0 Å². The molecule has 1 aromatic rings. The van der Waals surface area contributed by atoms with Crippen molar-refractivity contribution in [3.8, 4) is 11.9 Å². The normalized spacial score (nSPS) is 21.9. The molecule has 2 aliphatic carbocycles. The lowest BCUT2D eigenvalue weighted by Gasteiger charge is -2.22. The standard InChI is InChI=1S/C18H24N2O/c19-14-18(10-4-5-11-18)16-8-9-17(20-12-16)21-13-15-6-2-1-3-7-15/h8-9,12,15H,1-7,10-11,13H2. The zero-order chi connectivity index (χ0) is 14.5. The average molecular weight is 284 g/mol. The minimum atomic E-state index is -0.297. The summed E-state index contributed by atoms with van der Waals surface area (Å²) in [5.41, 5.74) is 0.766. The Hall–Kier alpha value is -1.56. The first-order chi connectivity index (χ1) is 10.3. The molecule has 0 bridgehead atoms. The lowest BCUT2D eigenvalue weighted by molar-refractivity contribution is 0.203. The van der Waals surface area contributed by atoms with Crippen LogP contribution in [-0.2, 0) is 5.41 Å². The third-order valence-corrected chi connectivity index (χ3v) is 5.15. The number of hydrogen-bond acceptors (Lipinski definition) is 3. The second kappa shape index (κ2) is 6.47. The van der Waals surface area contributed by atoms with Crippen LogP contribution >= 0.6 is 0 Å². The van der Waals surface area contributed by atoms with E-state index >= 15 is 0 Å². The third-order valence-electron chi connectivity index (χ3n) is 5.15. The molecule has 1 aromatic heterocycles. The van der Waals surface area contributed by atoms with E-state index in [0.717, 1.165) is 37.9 Å². The molecule has 0 aliphatic heterocycles. The van der Waals surface area contributed by atoms with Crippen molar-refractivity contribution in [1.82, 2.24) is 4.98 Å². The van der Waals surface area contributed by atoms with Gasteiger partial charge in [0, 0.05) is 12.3 Å². The highest BCUT2D eigenvalue weighted by Gasteiger charge is 2.36. The maximum absolute atomic E-state index is 9.50. The van der Waals surface area contributed by atoms with E-state index in [1.54, 1.807) is 0 Å². The van der Waals surface area contributed by atoms with E-state index in [4.69, 9.17) is 4.74 Å². The summed E-state index contributed by atoms with van der Waals surface area (Å²) in [6.07, 6.45) is 12.7. The number of hydrogen-bond donors (Lipinski definition) is 0. The molecule has 0 atom stereocenters. The molecule has 0 saturated heterocycles. The molecular weight excluding hydrogens is 260 g/mol. The first-order valence-electron chi connectivity index (χ1n) is 8.33. The molecule has 0 N–H and O–H groups in total. The van der Waals surface area contributed by atoms with Crippen molar-refractivity contribution < 1.29 is 4.74 Å². The SMILES string of the molecule is N#CC1(c2ccc(OCC3CCCCC3)nc2)CCCC1. The number of aromatic nitrogens is 1. The van der Waals surface area contributed by atoms with Gasteiger partial charge in [-0.15, -0.1) is 0 Å². The lowest BCUT2D eigenvalue weighted by Crippen LogP contribution is -2.20. The largest absolute Gasteiger partial charge is 0.477 e. The van der Waals surface area contributed by atoms with Gasteiger partial charge < -0.3 is 4.74 Å². The van der Waals surface area contributed by atoms with Crippen LogP contribution in [0.1, 0.15) is 63.4 Å². The van der Waals surface area contributed by atoms with Gasteiger partial charge in [0.15, 0.2) is 0 Å². The summed E-state index contributed by atoms with van der Waals surface area (Å²) in [5.74, 6) is 1.40. The number of ether oxygens (including phenoxy) is 1. The van der Waals surface area contributed by atoms with Crippen molar-refractivity contribution in [1.29, 1.82) is 5.26 Å². The maximum Gasteiger partial charge on any atom is 0.213 e. The van der Waals surface area contributed by atoms with Gasteiger partial charge in [-0.3, -0.25) is 0 Å². The van der Waals surface area contributed by atoms with Crippen LogP contribution in [0.2, 0.25) is 0 Å². The summed E-state index contributed by atoms with van der Waals surface area (Å²) in [7, 11) is 0. The fourth-order valence-electron chi connectivity index (χ4n) is 3.75. The number of pyridine rings is 1. The van der Waals surface area contributed by atoms with Gasteiger partial charge in [0.1, 0.15) is 0 Å². The summed E-state index contributed by atoms with van der Waals surface area (Å²) in [6.45, 7) is 0.787. The Morgan fingerprint density at radius 2 is 1.90 bits per heavy atom. The van der Waals surface area contributed by atoms with E-state index in [0.29, 0.717) is 11.8 Å². The molecule has 2 fully saturated rings. The second-order valence-corrected chi connectivity index (χ2v) is 6.60. The minimum absolute atomic E-state index is 0.297. The smallest absolute Gasteiger partial charge is 0.213 e. The molecule has 3 nitrogen and oxygen atoms in total. The Kier molecular flexibility index (Phi) is 4.43. The van der Waals surface area contributed by atoms with E-state index in [9.17, 15) is 5.26 Å². The van der Waals surface area contributed by atoms with Crippen molar-refractivity contribution >= 4 is 0 Å². The summed E-state index contributed by atoms with van der Waals surface area (Å²) in [6, 6.07) is 6.50. The number of rotatable bonds is 4. The topological polar surface area (TPSA) is 45.9 Å². The molecule has 0 amide bonds. The molecule has 2 saturated carbocycles. The van der Waals surface area contributed by atoms with Gasteiger partial charge in [-0.05, 0) is 37.2 Å². The Morgan fingerprint density at radius 3 is 2.52 bits per heavy atom. The van der Waals surface area contributed by atoms with E-state index in [-0.39, 0.29) is 5.41 Å². The monoisotopic (exact) mass is 284 g/mol. The Balaban J connectivity index is 1.60. The molecule has 2 aliphatic rings. The molecule has 21 heavy (non-hydrogen) atoms. The van der Waals surface area contributed by atoms with Crippen molar-refractivity contribution in [3.63, 3.8) is 0 Å². The van der Waals surface area contributed by atoms with Crippen molar-refractivity contribution in [2.75, 3.05) is 6.61 Å². The van der Waals surface area contributed by atoms with Crippen molar-refractivity contribution in [2.45, 2.75) is 63.2 Å². The fourth-order valence-corrected chi connectivity index (χ4v) is 3.75. The van der Waals surface area contributed by atoms with Crippen LogP contribution in [0, 0.1) is 17.2 Å². The summed E-state index contributed by atoms with van der Waals surface area (Å²) in [4.78, 5) is 4.43. The van der Waals surface area contributed by atoms with Gasteiger partial charge in [0.25, 0.3) is 0 Å². The van der Waals surface area contributed by atoms with Gasteiger partial charge in [-0.1, -0.05) is 38.2 Å². The summed E-state index contributed by atoms with van der Waals surface area (Å²) in [5, 5.41) is 9.50. The summed E-state index contributed by atoms with van der Waals surface area (Å²) >= 11 is 0. The van der Waals surface area contributed by atoms with Crippen molar-refractivity contribution in [3.05, 3.63) is 23.9 Å². The van der Waals surface area contributed by atoms with E-state index < -0.39 is 0 Å². The molecule has 3 rings (SSSR count). The van der Waals surface area contributed by atoms with Gasteiger partial charge in [-0.2, -0.15) is 5.26 Å². The van der Waals surface area contributed by atoms with Crippen LogP contribution in [-0.4, -0.2) is 11.6 Å². The van der Waals surface area contributed by atoms with Crippen molar-refractivity contribution in [2.24, 2.45) is 5.92 Å². The quantitative estimate of drug-likeness (QED) is 0.824. The number of nitriles is 1. The lowest BCUT2D eigenvalue weighted by atomic mass is 9.81. The second-order valence-electron chi connectivity index (χ2n) is 6.60. The molecule has 1 heterocycles. The fraction of sp³-hybridized carbons (Fsp3) is 0.667. The zero-order valence-corrected chi connectivity index (χ0v) is 12.7. The Labute approximate surface area is 127 Å². The number of nitrogens with zero attached hydrogens (tertiary/aromatic N) is 2. The Morgan fingerprint density at radius 1 is 1.14 bits per heavy atom. The highest BCUT2D eigenvalue weighted by atomic mass is 16.5. The highest BCUT2D eigenvalue weighted by Crippen LogP contribution is 2.40. The average Bonchev–Trinajstić information content (AvgIpc) is 3.05. The first kappa shape index (κ1) is 14.4. The van der Waals surface area contributed by atoms with Crippen LogP contribution < -0.4 is 4.74 Å². The van der Waals surface area contributed by atoms with Crippen LogP contribution in [0.15, 0.2) is 18.3 Å². The van der Waals surface area contributed by atoms with Gasteiger partial charge in [0.2, 0.25) is 5.88 Å². The molecule has 112 valence electrons.